The summed E-state index contributed by atoms with van der Waals surface area (Å²) in [6, 6.07) is 14.0. The lowest BCUT2D eigenvalue weighted by molar-refractivity contribution is -0.116. The van der Waals surface area contributed by atoms with Crippen LogP contribution in [0.1, 0.15) is 22.8 Å². The summed E-state index contributed by atoms with van der Waals surface area (Å²) in [5.74, 6) is 1.63. The molecular weight excluding hydrogens is 372 g/mol. The molecular formula is C21H20N4O2S. The van der Waals surface area contributed by atoms with E-state index in [0.717, 1.165) is 16.1 Å². The summed E-state index contributed by atoms with van der Waals surface area (Å²) in [6.45, 7) is 4.10. The predicted molar refractivity (Wildman–Crippen MR) is 110 cm³/mol. The summed E-state index contributed by atoms with van der Waals surface area (Å²) >= 11 is 1.68. The van der Waals surface area contributed by atoms with Crippen molar-refractivity contribution in [3.05, 3.63) is 65.0 Å². The second-order valence-corrected chi connectivity index (χ2v) is 7.90. The molecule has 7 heteroatoms. The Bertz CT molecular complexity index is 1090. The Kier molecular flexibility index (Phi) is 5.08. The smallest absolute Gasteiger partial charge is 0.226 e. The number of H-pyrrole nitrogens is 1. The first-order valence-corrected chi connectivity index (χ1v) is 9.82. The summed E-state index contributed by atoms with van der Waals surface area (Å²) in [5.41, 5.74) is 3.06. The number of aromatic nitrogens is 3. The molecule has 3 heterocycles. The van der Waals surface area contributed by atoms with Crippen molar-refractivity contribution >= 4 is 23.1 Å². The zero-order valence-corrected chi connectivity index (χ0v) is 16.5. The Morgan fingerprint density at radius 1 is 1.18 bits per heavy atom. The maximum absolute atomic E-state index is 12.2. The van der Waals surface area contributed by atoms with Crippen LogP contribution in [-0.2, 0) is 11.2 Å². The van der Waals surface area contributed by atoms with Crippen LogP contribution in [0.4, 0.5) is 5.82 Å². The van der Waals surface area contributed by atoms with Gasteiger partial charge in [-0.05, 0) is 26.0 Å². The van der Waals surface area contributed by atoms with Crippen LogP contribution >= 0.6 is 11.3 Å². The molecule has 0 unspecified atom stereocenters. The first-order valence-electron chi connectivity index (χ1n) is 9.00. The topological polar surface area (TPSA) is 83.8 Å². The number of nitrogens with one attached hydrogen (secondary N) is 2. The number of amides is 1. The molecule has 0 saturated heterocycles. The summed E-state index contributed by atoms with van der Waals surface area (Å²) in [7, 11) is 0. The number of rotatable bonds is 6. The molecule has 0 aliphatic heterocycles. The molecule has 0 aliphatic rings. The van der Waals surface area contributed by atoms with Crippen LogP contribution in [0.5, 0.6) is 0 Å². The van der Waals surface area contributed by atoms with Crippen LogP contribution in [0.3, 0.4) is 0 Å². The molecule has 0 aliphatic carbocycles. The average Bonchev–Trinajstić information content (AvgIpc) is 3.41. The fourth-order valence-corrected chi connectivity index (χ4v) is 3.63. The van der Waals surface area contributed by atoms with Crippen molar-refractivity contribution < 1.29 is 9.21 Å². The number of aryl methyl sites for hydroxylation is 3. The fraction of sp³-hybridized carbons (Fsp3) is 0.190. The SMILES string of the molecule is Cc1ccc(-c2cnc(CCC(=O)Nc3cc(-c4ccc(C)s4)[nH]n3)o2)cc1. The van der Waals surface area contributed by atoms with Gasteiger partial charge in [0.2, 0.25) is 5.91 Å². The lowest BCUT2D eigenvalue weighted by Crippen LogP contribution is -2.12. The van der Waals surface area contributed by atoms with Gasteiger partial charge in [0, 0.05) is 29.3 Å². The van der Waals surface area contributed by atoms with Gasteiger partial charge in [-0.1, -0.05) is 29.8 Å². The van der Waals surface area contributed by atoms with Crippen molar-refractivity contribution in [1.29, 1.82) is 0 Å². The minimum absolute atomic E-state index is 0.129. The molecule has 4 aromatic rings. The van der Waals surface area contributed by atoms with Crippen molar-refractivity contribution in [2.24, 2.45) is 0 Å². The molecule has 1 amide bonds. The van der Waals surface area contributed by atoms with Gasteiger partial charge in [-0.25, -0.2) is 4.98 Å². The fourth-order valence-electron chi connectivity index (χ4n) is 2.79. The Morgan fingerprint density at radius 2 is 2.00 bits per heavy atom. The standard InChI is InChI=1S/C21H20N4O2S/c1-13-3-6-15(7-4-13)17-12-22-21(27-17)10-9-20(26)23-19-11-16(24-25-19)18-8-5-14(2)28-18/h3-8,11-12H,9-10H2,1-2H3,(H2,23,24,25,26). The Labute approximate surface area is 166 Å². The highest BCUT2D eigenvalue weighted by Crippen LogP contribution is 2.27. The van der Waals surface area contributed by atoms with E-state index in [1.807, 2.05) is 43.3 Å². The highest BCUT2D eigenvalue weighted by atomic mass is 32.1. The van der Waals surface area contributed by atoms with Gasteiger partial charge >= 0.3 is 0 Å². The number of hydrogen-bond donors (Lipinski definition) is 2. The van der Waals surface area contributed by atoms with Crippen molar-refractivity contribution in [2.45, 2.75) is 26.7 Å². The number of nitrogens with zero attached hydrogens (tertiary/aromatic N) is 2. The average molecular weight is 392 g/mol. The third-order valence-corrected chi connectivity index (χ3v) is 5.34. The van der Waals surface area contributed by atoms with Gasteiger partial charge in [0.15, 0.2) is 17.5 Å². The highest BCUT2D eigenvalue weighted by molar-refractivity contribution is 7.15. The van der Waals surface area contributed by atoms with Crippen molar-refractivity contribution in [1.82, 2.24) is 15.2 Å². The van der Waals surface area contributed by atoms with Gasteiger partial charge in [0.25, 0.3) is 0 Å². The first-order chi connectivity index (χ1) is 13.6. The number of carbonyl (C=O) groups is 1. The van der Waals surface area contributed by atoms with Crippen LogP contribution in [0, 0.1) is 13.8 Å². The van der Waals surface area contributed by atoms with Crippen molar-refractivity contribution in [3.8, 4) is 21.9 Å². The van der Waals surface area contributed by atoms with E-state index in [0.29, 0.717) is 23.9 Å². The van der Waals surface area contributed by atoms with Crippen LogP contribution < -0.4 is 5.32 Å². The third kappa shape index (κ3) is 4.20. The van der Waals surface area contributed by atoms with Crippen LogP contribution in [0.2, 0.25) is 0 Å². The monoisotopic (exact) mass is 392 g/mol. The molecule has 6 nitrogen and oxygen atoms in total. The summed E-state index contributed by atoms with van der Waals surface area (Å²) in [4.78, 5) is 18.8. The van der Waals surface area contributed by atoms with Crippen molar-refractivity contribution in [2.75, 3.05) is 5.32 Å². The summed E-state index contributed by atoms with van der Waals surface area (Å²) in [5, 5.41) is 9.92. The van der Waals surface area contributed by atoms with Crippen LogP contribution in [0.15, 0.2) is 53.1 Å². The molecule has 3 aromatic heterocycles. The quantitative estimate of drug-likeness (QED) is 0.485. The maximum Gasteiger partial charge on any atom is 0.226 e. The maximum atomic E-state index is 12.2. The van der Waals surface area contributed by atoms with Gasteiger partial charge in [-0.3, -0.25) is 9.89 Å². The molecule has 28 heavy (non-hydrogen) atoms. The molecule has 0 radical (unpaired) electrons. The molecule has 0 atom stereocenters. The van der Waals surface area contributed by atoms with Gasteiger partial charge in [0.1, 0.15) is 0 Å². The molecule has 1 aromatic carbocycles. The van der Waals surface area contributed by atoms with Gasteiger partial charge in [0.05, 0.1) is 16.8 Å². The molecule has 0 saturated carbocycles. The predicted octanol–water partition coefficient (Wildman–Crippen LogP) is 4.98. The van der Waals surface area contributed by atoms with Gasteiger partial charge in [-0.15, -0.1) is 11.3 Å². The van der Waals surface area contributed by atoms with E-state index < -0.39 is 0 Å². The van der Waals surface area contributed by atoms with E-state index >= 15 is 0 Å². The lowest BCUT2D eigenvalue weighted by Gasteiger charge is -2.00. The normalized spacial score (nSPS) is 10.9. The highest BCUT2D eigenvalue weighted by Gasteiger charge is 2.11. The third-order valence-electron chi connectivity index (χ3n) is 4.31. The first kappa shape index (κ1) is 18.2. The minimum atomic E-state index is -0.129. The molecule has 142 valence electrons. The molecule has 0 spiro atoms. The lowest BCUT2D eigenvalue weighted by atomic mass is 10.1. The van der Waals surface area contributed by atoms with Gasteiger partial charge < -0.3 is 9.73 Å². The molecule has 0 fully saturated rings. The Hall–Kier alpha value is -3.19. The Balaban J connectivity index is 1.32. The van der Waals surface area contributed by atoms with Crippen LogP contribution in [-0.4, -0.2) is 21.1 Å². The van der Waals surface area contributed by atoms with E-state index in [2.05, 4.69) is 33.5 Å². The molecule has 2 N–H and O–H groups in total. The van der Waals surface area contributed by atoms with E-state index in [1.165, 1.54) is 10.4 Å². The van der Waals surface area contributed by atoms with Crippen LogP contribution in [0.25, 0.3) is 21.9 Å². The second-order valence-electron chi connectivity index (χ2n) is 6.61. The van der Waals surface area contributed by atoms with Crippen molar-refractivity contribution in [3.63, 3.8) is 0 Å². The minimum Gasteiger partial charge on any atom is -0.441 e. The zero-order valence-electron chi connectivity index (χ0n) is 15.7. The van der Waals surface area contributed by atoms with Gasteiger partial charge in [-0.2, -0.15) is 5.10 Å². The molecule has 4 rings (SSSR count). The summed E-state index contributed by atoms with van der Waals surface area (Å²) < 4.78 is 5.76. The number of oxazole rings is 1. The zero-order chi connectivity index (χ0) is 19.5. The number of carbonyl (C=O) groups excluding carboxylic acids is 1. The summed E-state index contributed by atoms with van der Waals surface area (Å²) in [6.07, 6.45) is 2.40. The van der Waals surface area contributed by atoms with E-state index in [4.69, 9.17) is 4.42 Å². The van der Waals surface area contributed by atoms with E-state index in [-0.39, 0.29) is 12.3 Å². The number of anilines is 1. The largest absolute Gasteiger partial charge is 0.441 e. The Morgan fingerprint density at radius 3 is 2.75 bits per heavy atom. The number of thiophene rings is 1. The van der Waals surface area contributed by atoms with E-state index in [9.17, 15) is 4.79 Å². The van der Waals surface area contributed by atoms with E-state index in [1.54, 1.807) is 17.5 Å². The molecule has 0 bridgehead atoms. The number of aromatic amines is 1. The number of hydrogen-bond acceptors (Lipinski definition) is 5. The number of benzene rings is 1. The second kappa shape index (κ2) is 7.82.